The van der Waals surface area contributed by atoms with Crippen LogP contribution in [0.2, 0.25) is 5.02 Å². The average molecular weight is 394 g/mol. The largest absolute Gasteiger partial charge is 0.307 e. The molecule has 2 N–H and O–H groups in total. The summed E-state index contributed by atoms with van der Waals surface area (Å²) >= 11 is 6.97. The summed E-state index contributed by atoms with van der Waals surface area (Å²) in [5, 5.41) is 4.73. The normalized spacial score (nSPS) is 11.1. The van der Waals surface area contributed by atoms with E-state index in [0.717, 1.165) is 11.3 Å². The highest BCUT2D eigenvalue weighted by atomic mass is 35.5. The first-order valence-electron chi connectivity index (χ1n) is 7.03. The molecular formula is C16H12ClN3O3S2. The monoisotopic (exact) mass is 393 g/mol. The van der Waals surface area contributed by atoms with E-state index in [1.807, 2.05) is 0 Å². The number of rotatable bonds is 5. The van der Waals surface area contributed by atoms with Crippen molar-refractivity contribution in [2.45, 2.75) is 4.21 Å². The van der Waals surface area contributed by atoms with Gasteiger partial charge in [0.1, 0.15) is 10.0 Å². The summed E-state index contributed by atoms with van der Waals surface area (Å²) in [4.78, 5) is 16.3. The third-order valence-corrected chi connectivity index (χ3v) is 6.11. The van der Waals surface area contributed by atoms with Crippen molar-refractivity contribution in [1.82, 2.24) is 4.98 Å². The SMILES string of the molecule is O=C(Nc1cc(Cl)ccn1)c1cccc(NS(=O)(=O)c2cccs2)c1. The fourth-order valence-electron chi connectivity index (χ4n) is 2.01. The lowest BCUT2D eigenvalue weighted by molar-refractivity contribution is 0.102. The number of carbonyl (C=O) groups excluding carboxylic acids is 1. The number of aromatic nitrogens is 1. The topological polar surface area (TPSA) is 88.2 Å². The number of hydrogen-bond donors (Lipinski definition) is 2. The molecule has 3 rings (SSSR count). The second kappa shape index (κ2) is 7.22. The summed E-state index contributed by atoms with van der Waals surface area (Å²) in [6, 6.07) is 12.5. The Morgan fingerprint density at radius 3 is 2.68 bits per heavy atom. The van der Waals surface area contributed by atoms with E-state index in [9.17, 15) is 13.2 Å². The van der Waals surface area contributed by atoms with Crippen molar-refractivity contribution < 1.29 is 13.2 Å². The van der Waals surface area contributed by atoms with Crippen LogP contribution in [0.4, 0.5) is 11.5 Å². The molecule has 0 spiro atoms. The van der Waals surface area contributed by atoms with Crippen LogP contribution in [0, 0.1) is 0 Å². The second-order valence-electron chi connectivity index (χ2n) is 4.93. The number of hydrogen-bond acceptors (Lipinski definition) is 5. The predicted molar refractivity (Wildman–Crippen MR) is 98.8 cm³/mol. The molecule has 6 nitrogen and oxygen atoms in total. The molecule has 0 aliphatic rings. The third-order valence-electron chi connectivity index (χ3n) is 3.10. The van der Waals surface area contributed by atoms with Gasteiger partial charge in [0.05, 0.1) is 0 Å². The minimum Gasteiger partial charge on any atom is -0.307 e. The zero-order valence-corrected chi connectivity index (χ0v) is 15.0. The maximum absolute atomic E-state index is 12.3. The van der Waals surface area contributed by atoms with Gasteiger partial charge in [0, 0.05) is 22.5 Å². The van der Waals surface area contributed by atoms with Gasteiger partial charge in [-0.15, -0.1) is 11.3 Å². The molecule has 3 aromatic rings. The van der Waals surface area contributed by atoms with E-state index in [0.29, 0.717) is 16.5 Å². The minimum absolute atomic E-state index is 0.200. The van der Waals surface area contributed by atoms with Crippen LogP contribution in [0.3, 0.4) is 0 Å². The number of nitrogens with zero attached hydrogens (tertiary/aromatic N) is 1. The van der Waals surface area contributed by atoms with Gasteiger partial charge >= 0.3 is 0 Å². The van der Waals surface area contributed by atoms with Crippen LogP contribution in [-0.2, 0) is 10.0 Å². The number of benzene rings is 1. The fourth-order valence-corrected chi connectivity index (χ4v) is 4.21. The maximum atomic E-state index is 12.3. The van der Waals surface area contributed by atoms with Gasteiger partial charge in [0.25, 0.3) is 15.9 Å². The van der Waals surface area contributed by atoms with Crippen molar-refractivity contribution in [3.8, 4) is 0 Å². The Morgan fingerprint density at radius 1 is 1.12 bits per heavy atom. The van der Waals surface area contributed by atoms with Crippen molar-refractivity contribution in [2.75, 3.05) is 10.0 Å². The summed E-state index contributed by atoms with van der Waals surface area (Å²) in [5.74, 6) is -0.117. The molecule has 0 aliphatic heterocycles. The first kappa shape index (κ1) is 17.4. The van der Waals surface area contributed by atoms with Gasteiger partial charge in [0.2, 0.25) is 0 Å². The minimum atomic E-state index is -3.67. The molecule has 2 aromatic heterocycles. The molecule has 0 saturated carbocycles. The average Bonchev–Trinajstić information content (AvgIpc) is 3.10. The molecule has 9 heteroatoms. The van der Waals surface area contributed by atoms with Gasteiger partial charge in [-0.1, -0.05) is 23.7 Å². The highest BCUT2D eigenvalue weighted by Gasteiger charge is 2.16. The van der Waals surface area contributed by atoms with Crippen LogP contribution in [-0.4, -0.2) is 19.3 Å². The number of pyridine rings is 1. The molecule has 0 saturated heterocycles. The first-order valence-corrected chi connectivity index (χ1v) is 9.77. The Hall–Kier alpha value is -2.42. The number of nitrogens with one attached hydrogen (secondary N) is 2. The summed E-state index contributed by atoms with van der Waals surface area (Å²) in [6.07, 6.45) is 1.48. The number of sulfonamides is 1. The van der Waals surface area contributed by atoms with Crippen molar-refractivity contribution in [3.63, 3.8) is 0 Å². The molecule has 128 valence electrons. The van der Waals surface area contributed by atoms with E-state index < -0.39 is 15.9 Å². The van der Waals surface area contributed by atoms with E-state index in [-0.39, 0.29) is 9.77 Å². The standard InChI is InChI=1S/C16H12ClN3O3S2/c17-12-6-7-18-14(10-12)19-16(21)11-3-1-4-13(9-11)20-25(22,23)15-5-2-8-24-15/h1-10,20H,(H,18,19,21). The van der Waals surface area contributed by atoms with Crippen molar-refractivity contribution >= 4 is 50.4 Å². The molecule has 1 aromatic carbocycles. The van der Waals surface area contributed by atoms with Gasteiger partial charge in [-0.3, -0.25) is 9.52 Å². The van der Waals surface area contributed by atoms with Crippen LogP contribution < -0.4 is 10.0 Å². The number of halogens is 1. The lowest BCUT2D eigenvalue weighted by Crippen LogP contribution is -2.15. The van der Waals surface area contributed by atoms with Gasteiger partial charge < -0.3 is 5.32 Å². The number of anilines is 2. The fraction of sp³-hybridized carbons (Fsp3) is 0. The number of thiophene rings is 1. The van der Waals surface area contributed by atoms with E-state index in [2.05, 4.69) is 15.0 Å². The molecule has 25 heavy (non-hydrogen) atoms. The van der Waals surface area contributed by atoms with Crippen LogP contribution in [0.25, 0.3) is 0 Å². The van der Waals surface area contributed by atoms with Crippen LogP contribution >= 0.6 is 22.9 Å². The van der Waals surface area contributed by atoms with E-state index in [1.165, 1.54) is 24.4 Å². The highest BCUT2D eigenvalue weighted by molar-refractivity contribution is 7.94. The molecule has 0 unspecified atom stereocenters. The zero-order chi connectivity index (χ0) is 17.9. The summed E-state index contributed by atoms with van der Waals surface area (Å²) < 4.78 is 27.1. The Kier molecular flexibility index (Phi) is 5.03. The maximum Gasteiger partial charge on any atom is 0.271 e. The lowest BCUT2D eigenvalue weighted by atomic mass is 10.2. The predicted octanol–water partition coefficient (Wildman–Crippen LogP) is 3.85. The van der Waals surface area contributed by atoms with Crippen molar-refractivity contribution in [1.29, 1.82) is 0 Å². The zero-order valence-electron chi connectivity index (χ0n) is 12.6. The molecule has 2 heterocycles. The van der Waals surface area contributed by atoms with Crippen LogP contribution in [0.5, 0.6) is 0 Å². The van der Waals surface area contributed by atoms with Gasteiger partial charge in [0.15, 0.2) is 0 Å². The van der Waals surface area contributed by atoms with Crippen molar-refractivity contribution in [3.05, 3.63) is 70.7 Å². The van der Waals surface area contributed by atoms with E-state index in [1.54, 1.807) is 35.7 Å². The van der Waals surface area contributed by atoms with Crippen LogP contribution in [0.1, 0.15) is 10.4 Å². The lowest BCUT2D eigenvalue weighted by Gasteiger charge is -2.09. The molecule has 0 radical (unpaired) electrons. The second-order valence-corrected chi connectivity index (χ2v) is 8.23. The molecule has 1 amide bonds. The molecule has 0 fully saturated rings. The molecular weight excluding hydrogens is 382 g/mol. The van der Waals surface area contributed by atoms with Gasteiger partial charge in [-0.25, -0.2) is 13.4 Å². The van der Waals surface area contributed by atoms with Crippen LogP contribution in [0.15, 0.2) is 64.3 Å². The summed E-state index contributed by atoms with van der Waals surface area (Å²) in [7, 11) is -3.67. The summed E-state index contributed by atoms with van der Waals surface area (Å²) in [6.45, 7) is 0. The third kappa shape index (κ3) is 4.36. The number of carbonyl (C=O) groups is 1. The Balaban J connectivity index is 1.78. The Morgan fingerprint density at radius 2 is 1.96 bits per heavy atom. The highest BCUT2D eigenvalue weighted by Crippen LogP contribution is 2.21. The van der Waals surface area contributed by atoms with Gasteiger partial charge in [-0.05, 0) is 41.8 Å². The quantitative estimate of drug-likeness (QED) is 0.689. The van der Waals surface area contributed by atoms with E-state index >= 15 is 0 Å². The van der Waals surface area contributed by atoms with Gasteiger partial charge in [-0.2, -0.15) is 0 Å². The summed E-state index contributed by atoms with van der Waals surface area (Å²) in [5.41, 5.74) is 0.577. The molecule has 0 aliphatic carbocycles. The van der Waals surface area contributed by atoms with Crippen molar-refractivity contribution in [2.24, 2.45) is 0 Å². The Labute approximate surface area is 153 Å². The molecule has 0 atom stereocenters. The molecule has 0 bridgehead atoms. The number of amides is 1. The first-order chi connectivity index (χ1) is 11.9. The van der Waals surface area contributed by atoms with E-state index in [4.69, 9.17) is 11.6 Å². The smallest absolute Gasteiger partial charge is 0.271 e. The Bertz CT molecular complexity index is 1000.